The van der Waals surface area contributed by atoms with Crippen LogP contribution in [0.2, 0.25) is 0 Å². The van der Waals surface area contributed by atoms with E-state index in [-0.39, 0.29) is 0 Å². The third kappa shape index (κ3) is 2.35. The van der Waals surface area contributed by atoms with Crippen molar-refractivity contribution in [3.63, 3.8) is 0 Å². The van der Waals surface area contributed by atoms with Gasteiger partial charge in [-0.25, -0.2) is 9.97 Å². The lowest BCUT2D eigenvalue weighted by atomic mass is 10.1. The zero-order valence-corrected chi connectivity index (χ0v) is 11.5. The van der Waals surface area contributed by atoms with Crippen LogP contribution in [0.1, 0.15) is 24.1 Å². The van der Waals surface area contributed by atoms with Crippen LogP contribution in [0.15, 0.2) is 30.3 Å². The maximum absolute atomic E-state index is 9.19. The summed E-state index contributed by atoms with van der Waals surface area (Å²) < 4.78 is 0. The van der Waals surface area contributed by atoms with Crippen molar-refractivity contribution in [3.05, 3.63) is 41.6 Å². The second kappa shape index (κ2) is 5.30. The van der Waals surface area contributed by atoms with Crippen molar-refractivity contribution in [2.75, 3.05) is 18.0 Å². The molecule has 2 aromatic rings. The van der Waals surface area contributed by atoms with E-state index in [4.69, 9.17) is 0 Å². The van der Waals surface area contributed by atoms with Crippen LogP contribution in [0.3, 0.4) is 0 Å². The van der Waals surface area contributed by atoms with Gasteiger partial charge in [0, 0.05) is 24.7 Å². The van der Waals surface area contributed by atoms with E-state index < -0.39 is 0 Å². The van der Waals surface area contributed by atoms with Gasteiger partial charge < -0.3 is 4.90 Å². The summed E-state index contributed by atoms with van der Waals surface area (Å²) in [5.74, 6) is 1.51. The molecule has 1 saturated heterocycles. The molecule has 0 atom stereocenters. The highest BCUT2D eigenvalue weighted by Crippen LogP contribution is 2.24. The number of nitriles is 1. The smallest absolute Gasteiger partial charge is 0.163 e. The summed E-state index contributed by atoms with van der Waals surface area (Å²) >= 11 is 0. The Morgan fingerprint density at radius 2 is 1.90 bits per heavy atom. The predicted molar refractivity (Wildman–Crippen MR) is 78.4 cm³/mol. The average molecular weight is 264 g/mol. The molecule has 4 heteroatoms. The second-order valence-corrected chi connectivity index (χ2v) is 5.06. The molecule has 0 N–H and O–H groups in total. The lowest BCUT2D eigenvalue weighted by molar-refractivity contribution is 0.927. The van der Waals surface area contributed by atoms with Crippen molar-refractivity contribution in [2.24, 2.45) is 0 Å². The summed E-state index contributed by atoms with van der Waals surface area (Å²) in [6.45, 7) is 4.05. The third-order valence-corrected chi connectivity index (χ3v) is 3.64. The van der Waals surface area contributed by atoms with Gasteiger partial charge in [0.1, 0.15) is 17.6 Å². The number of benzene rings is 1. The zero-order valence-electron chi connectivity index (χ0n) is 11.5. The van der Waals surface area contributed by atoms with E-state index in [2.05, 4.69) is 20.9 Å². The quantitative estimate of drug-likeness (QED) is 0.837. The molecule has 0 aliphatic carbocycles. The maximum atomic E-state index is 9.19. The molecule has 3 rings (SSSR count). The van der Waals surface area contributed by atoms with Gasteiger partial charge in [-0.3, -0.25) is 0 Å². The van der Waals surface area contributed by atoms with E-state index in [1.54, 1.807) is 6.07 Å². The van der Waals surface area contributed by atoms with Crippen molar-refractivity contribution in [1.29, 1.82) is 5.26 Å². The van der Waals surface area contributed by atoms with E-state index in [0.29, 0.717) is 11.5 Å². The van der Waals surface area contributed by atoms with Crippen molar-refractivity contribution >= 4 is 5.82 Å². The minimum atomic E-state index is 0.431. The van der Waals surface area contributed by atoms with E-state index in [1.165, 1.54) is 12.8 Å². The number of aromatic nitrogens is 2. The molecule has 1 fully saturated rings. The molecular weight excluding hydrogens is 248 g/mol. The third-order valence-electron chi connectivity index (χ3n) is 3.64. The largest absolute Gasteiger partial charge is 0.356 e. The fourth-order valence-corrected chi connectivity index (χ4v) is 2.54. The monoisotopic (exact) mass is 264 g/mol. The molecule has 20 heavy (non-hydrogen) atoms. The van der Waals surface area contributed by atoms with E-state index in [0.717, 1.165) is 30.0 Å². The second-order valence-electron chi connectivity index (χ2n) is 5.06. The molecular formula is C16H16N4. The first-order valence-corrected chi connectivity index (χ1v) is 6.88. The molecule has 0 amide bonds. The van der Waals surface area contributed by atoms with Gasteiger partial charge in [0.2, 0.25) is 0 Å². The van der Waals surface area contributed by atoms with Gasteiger partial charge in [-0.15, -0.1) is 0 Å². The van der Waals surface area contributed by atoms with Gasteiger partial charge in [0.15, 0.2) is 5.82 Å². The first-order chi connectivity index (χ1) is 9.78. The number of anilines is 1. The van der Waals surface area contributed by atoms with Crippen LogP contribution < -0.4 is 4.90 Å². The topological polar surface area (TPSA) is 52.8 Å². The predicted octanol–water partition coefficient (Wildman–Crippen LogP) is 2.92. The summed E-state index contributed by atoms with van der Waals surface area (Å²) in [7, 11) is 0. The lowest BCUT2D eigenvalue weighted by Crippen LogP contribution is -2.19. The molecule has 2 heterocycles. The van der Waals surface area contributed by atoms with Gasteiger partial charge in [0.05, 0.1) is 0 Å². The number of aryl methyl sites for hydroxylation is 1. The van der Waals surface area contributed by atoms with Crippen LogP contribution in [0, 0.1) is 18.3 Å². The highest BCUT2D eigenvalue weighted by Gasteiger charge is 2.16. The van der Waals surface area contributed by atoms with Crippen LogP contribution in [0.5, 0.6) is 0 Å². The Balaban J connectivity index is 2.09. The van der Waals surface area contributed by atoms with Crippen LogP contribution in [-0.4, -0.2) is 23.1 Å². The molecule has 0 bridgehead atoms. The molecule has 1 aromatic carbocycles. The summed E-state index contributed by atoms with van der Waals surface area (Å²) in [4.78, 5) is 11.2. The average Bonchev–Trinajstić information content (AvgIpc) is 3.01. The number of hydrogen-bond acceptors (Lipinski definition) is 4. The Morgan fingerprint density at radius 1 is 1.15 bits per heavy atom. The SMILES string of the molecule is Cc1ccccc1-c1nc(C#N)cc(N2CCCC2)n1. The van der Waals surface area contributed by atoms with Gasteiger partial charge in [-0.2, -0.15) is 5.26 Å². The Labute approximate surface area is 118 Å². The minimum absolute atomic E-state index is 0.431. The van der Waals surface area contributed by atoms with E-state index in [9.17, 15) is 5.26 Å². The molecule has 1 aliphatic rings. The number of rotatable bonds is 2. The highest BCUT2D eigenvalue weighted by atomic mass is 15.2. The van der Waals surface area contributed by atoms with Crippen LogP contribution in [-0.2, 0) is 0 Å². The zero-order chi connectivity index (χ0) is 13.9. The van der Waals surface area contributed by atoms with Gasteiger partial charge in [-0.1, -0.05) is 24.3 Å². The summed E-state index contributed by atoms with van der Waals surface area (Å²) in [6, 6.07) is 11.9. The summed E-state index contributed by atoms with van der Waals surface area (Å²) in [6.07, 6.45) is 2.37. The van der Waals surface area contributed by atoms with E-state index >= 15 is 0 Å². The molecule has 1 aromatic heterocycles. The molecule has 0 spiro atoms. The minimum Gasteiger partial charge on any atom is -0.356 e. The fraction of sp³-hybridized carbons (Fsp3) is 0.312. The molecule has 1 aliphatic heterocycles. The van der Waals surface area contributed by atoms with Crippen molar-refractivity contribution in [2.45, 2.75) is 19.8 Å². The number of hydrogen-bond donors (Lipinski definition) is 0. The van der Waals surface area contributed by atoms with Crippen LogP contribution in [0.25, 0.3) is 11.4 Å². The molecule has 4 nitrogen and oxygen atoms in total. The first kappa shape index (κ1) is 12.6. The van der Waals surface area contributed by atoms with Gasteiger partial charge in [-0.05, 0) is 25.3 Å². The van der Waals surface area contributed by atoms with Crippen molar-refractivity contribution in [3.8, 4) is 17.5 Å². The summed E-state index contributed by atoms with van der Waals surface area (Å²) in [5.41, 5.74) is 2.54. The van der Waals surface area contributed by atoms with Crippen LogP contribution >= 0.6 is 0 Å². The highest BCUT2D eigenvalue weighted by molar-refractivity contribution is 5.62. The number of nitrogens with zero attached hydrogens (tertiary/aromatic N) is 4. The summed E-state index contributed by atoms with van der Waals surface area (Å²) in [5, 5.41) is 9.19. The Morgan fingerprint density at radius 3 is 2.60 bits per heavy atom. The first-order valence-electron chi connectivity index (χ1n) is 6.88. The maximum Gasteiger partial charge on any atom is 0.163 e. The fourth-order valence-electron chi connectivity index (χ4n) is 2.54. The molecule has 100 valence electrons. The standard InChI is InChI=1S/C16H16N4/c1-12-6-2-3-7-14(12)16-18-13(11-17)10-15(19-16)20-8-4-5-9-20/h2-3,6-7,10H,4-5,8-9H2,1H3. The Kier molecular flexibility index (Phi) is 3.34. The lowest BCUT2D eigenvalue weighted by Gasteiger charge is -2.17. The Bertz CT molecular complexity index is 666. The molecule has 0 saturated carbocycles. The van der Waals surface area contributed by atoms with Crippen molar-refractivity contribution < 1.29 is 0 Å². The molecule has 0 radical (unpaired) electrons. The Hall–Kier alpha value is -2.41. The van der Waals surface area contributed by atoms with Gasteiger partial charge in [0.25, 0.3) is 0 Å². The van der Waals surface area contributed by atoms with Gasteiger partial charge >= 0.3 is 0 Å². The van der Waals surface area contributed by atoms with E-state index in [1.807, 2.05) is 31.2 Å². The molecule has 0 unspecified atom stereocenters. The normalized spacial score (nSPS) is 14.3. The van der Waals surface area contributed by atoms with Crippen LogP contribution in [0.4, 0.5) is 5.82 Å². The van der Waals surface area contributed by atoms with Crippen molar-refractivity contribution in [1.82, 2.24) is 9.97 Å².